The van der Waals surface area contributed by atoms with Crippen LogP contribution in [0.2, 0.25) is 0 Å². The van der Waals surface area contributed by atoms with Gasteiger partial charge in [-0.1, -0.05) is 12.2 Å². The van der Waals surface area contributed by atoms with E-state index >= 15 is 0 Å². The van der Waals surface area contributed by atoms with E-state index in [1.54, 1.807) is 0 Å². The van der Waals surface area contributed by atoms with Crippen LogP contribution in [0.5, 0.6) is 0 Å². The summed E-state index contributed by atoms with van der Waals surface area (Å²) in [5.74, 6) is 0. The average Bonchev–Trinajstić information content (AvgIpc) is 2.36. The highest BCUT2D eigenvalue weighted by Gasteiger charge is 2.11. The first-order valence-corrected chi connectivity index (χ1v) is 4.59. The molecule has 0 fully saturated rings. The lowest BCUT2D eigenvalue weighted by Gasteiger charge is -2.22. The highest BCUT2D eigenvalue weighted by atomic mass is 16.5. The Balaban J connectivity index is 2.03. The molecule has 0 aromatic carbocycles. The Bertz CT molecular complexity index is 150. The maximum Gasteiger partial charge on any atom is 0.0600 e. The third-order valence-corrected chi connectivity index (χ3v) is 1.84. The molecule has 0 saturated carbocycles. The topological polar surface area (TPSA) is 12.5 Å². The second kappa shape index (κ2) is 4.06. The molecule has 0 saturated heterocycles. The SMILES string of the molecule is CC(C)(C)OCCN1CC=CC1. The van der Waals surface area contributed by atoms with E-state index in [9.17, 15) is 0 Å². The van der Waals surface area contributed by atoms with Crippen molar-refractivity contribution in [3.63, 3.8) is 0 Å². The summed E-state index contributed by atoms with van der Waals surface area (Å²) in [5, 5.41) is 0. The average molecular weight is 169 g/mol. The summed E-state index contributed by atoms with van der Waals surface area (Å²) >= 11 is 0. The smallest absolute Gasteiger partial charge is 0.0600 e. The monoisotopic (exact) mass is 169 g/mol. The number of hydrogen-bond donors (Lipinski definition) is 0. The van der Waals surface area contributed by atoms with Crippen LogP contribution in [-0.4, -0.2) is 36.7 Å². The van der Waals surface area contributed by atoms with Gasteiger partial charge in [0.2, 0.25) is 0 Å². The fraction of sp³-hybridized carbons (Fsp3) is 0.800. The van der Waals surface area contributed by atoms with Crippen LogP contribution in [0.1, 0.15) is 20.8 Å². The summed E-state index contributed by atoms with van der Waals surface area (Å²) in [7, 11) is 0. The van der Waals surface area contributed by atoms with E-state index in [-0.39, 0.29) is 5.60 Å². The number of nitrogens with zero attached hydrogens (tertiary/aromatic N) is 1. The van der Waals surface area contributed by atoms with E-state index in [1.165, 1.54) is 0 Å². The third-order valence-electron chi connectivity index (χ3n) is 1.84. The molecule has 1 aliphatic rings. The summed E-state index contributed by atoms with van der Waals surface area (Å²) < 4.78 is 5.62. The molecule has 12 heavy (non-hydrogen) atoms. The Morgan fingerprint density at radius 1 is 1.25 bits per heavy atom. The van der Waals surface area contributed by atoms with Crippen LogP contribution in [0, 0.1) is 0 Å². The Kier molecular flexibility index (Phi) is 3.29. The molecule has 0 aromatic heterocycles. The number of rotatable bonds is 3. The largest absolute Gasteiger partial charge is 0.375 e. The predicted octanol–water partition coefficient (Wildman–Crippen LogP) is 1.67. The minimum absolute atomic E-state index is 0.00710. The molecule has 0 radical (unpaired) electrons. The molecule has 2 nitrogen and oxygen atoms in total. The van der Waals surface area contributed by atoms with Gasteiger partial charge in [-0.25, -0.2) is 0 Å². The summed E-state index contributed by atoms with van der Waals surface area (Å²) in [6.45, 7) is 10.3. The van der Waals surface area contributed by atoms with Gasteiger partial charge in [0.05, 0.1) is 12.2 Å². The lowest BCUT2D eigenvalue weighted by Crippen LogP contribution is -2.29. The van der Waals surface area contributed by atoms with E-state index < -0.39 is 0 Å². The molecule has 0 unspecified atom stereocenters. The molecule has 1 rings (SSSR count). The van der Waals surface area contributed by atoms with Crippen LogP contribution in [0.3, 0.4) is 0 Å². The first-order valence-electron chi connectivity index (χ1n) is 4.59. The molecule has 70 valence electrons. The molecule has 1 heterocycles. The first-order chi connectivity index (χ1) is 5.58. The van der Waals surface area contributed by atoms with Gasteiger partial charge in [0.25, 0.3) is 0 Å². The fourth-order valence-electron chi connectivity index (χ4n) is 1.19. The van der Waals surface area contributed by atoms with Crippen LogP contribution in [-0.2, 0) is 4.74 Å². The van der Waals surface area contributed by atoms with Gasteiger partial charge in [0.15, 0.2) is 0 Å². The zero-order valence-electron chi connectivity index (χ0n) is 8.34. The summed E-state index contributed by atoms with van der Waals surface area (Å²) in [5.41, 5.74) is 0.00710. The zero-order chi connectivity index (χ0) is 9.03. The molecule has 0 amide bonds. The maximum absolute atomic E-state index is 5.62. The van der Waals surface area contributed by atoms with Crippen LogP contribution in [0.15, 0.2) is 12.2 Å². The van der Waals surface area contributed by atoms with Crippen LogP contribution in [0.4, 0.5) is 0 Å². The quantitative estimate of drug-likeness (QED) is 0.596. The minimum atomic E-state index is 0.00710. The Morgan fingerprint density at radius 3 is 2.33 bits per heavy atom. The van der Waals surface area contributed by atoms with Crippen molar-refractivity contribution in [3.05, 3.63) is 12.2 Å². The van der Waals surface area contributed by atoms with E-state index in [0.29, 0.717) is 0 Å². The van der Waals surface area contributed by atoms with Gasteiger partial charge >= 0.3 is 0 Å². The number of hydrogen-bond acceptors (Lipinski definition) is 2. The highest BCUT2D eigenvalue weighted by Crippen LogP contribution is 2.06. The van der Waals surface area contributed by atoms with Crippen LogP contribution >= 0.6 is 0 Å². The van der Waals surface area contributed by atoms with Crippen molar-refractivity contribution >= 4 is 0 Å². The molecule has 0 aromatic rings. The maximum atomic E-state index is 5.62. The van der Waals surface area contributed by atoms with Crippen molar-refractivity contribution in [3.8, 4) is 0 Å². The molecule has 0 N–H and O–H groups in total. The van der Waals surface area contributed by atoms with Gasteiger partial charge in [0, 0.05) is 19.6 Å². The lowest BCUT2D eigenvalue weighted by molar-refractivity contribution is -0.0105. The Hall–Kier alpha value is -0.340. The molecule has 2 heteroatoms. The molecule has 0 atom stereocenters. The van der Waals surface area contributed by atoms with Crippen molar-refractivity contribution in [2.45, 2.75) is 26.4 Å². The van der Waals surface area contributed by atoms with E-state index in [2.05, 4.69) is 37.8 Å². The second-order valence-electron chi connectivity index (χ2n) is 4.19. The lowest BCUT2D eigenvalue weighted by atomic mass is 10.2. The van der Waals surface area contributed by atoms with Crippen molar-refractivity contribution in [2.24, 2.45) is 0 Å². The highest BCUT2D eigenvalue weighted by molar-refractivity contribution is 4.94. The molecule has 0 spiro atoms. The van der Waals surface area contributed by atoms with Gasteiger partial charge in [-0.05, 0) is 20.8 Å². The Morgan fingerprint density at radius 2 is 1.83 bits per heavy atom. The van der Waals surface area contributed by atoms with Crippen LogP contribution < -0.4 is 0 Å². The molecule has 1 aliphatic heterocycles. The molecular weight excluding hydrogens is 150 g/mol. The van der Waals surface area contributed by atoms with Gasteiger partial charge in [0.1, 0.15) is 0 Å². The summed E-state index contributed by atoms with van der Waals surface area (Å²) in [6, 6.07) is 0. The van der Waals surface area contributed by atoms with E-state index in [4.69, 9.17) is 4.74 Å². The standard InChI is InChI=1S/C10H19NO/c1-10(2,3)12-9-8-11-6-4-5-7-11/h4-5H,6-9H2,1-3H3. The molecular formula is C10H19NO. The predicted molar refractivity (Wildman–Crippen MR) is 51.3 cm³/mol. The first kappa shape index (κ1) is 9.75. The third kappa shape index (κ3) is 3.88. The van der Waals surface area contributed by atoms with Gasteiger partial charge in [-0.15, -0.1) is 0 Å². The van der Waals surface area contributed by atoms with Crippen molar-refractivity contribution in [1.29, 1.82) is 0 Å². The van der Waals surface area contributed by atoms with Gasteiger partial charge < -0.3 is 4.74 Å². The van der Waals surface area contributed by atoms with E-state index in [1.807, 2.05) is 0 Å². The molecule has 0 bridgehead atoms. The second-order valence-corrected chi connectivity index (χ2v) is 4.19. The van der Waals surface area contributed by atoms with E-state index in [0.717, 1.165) is 26.2 Å². The van der Waals surface area contributed by atoms with Crippen LogP contribution in [0.25, 0.3) is 0 Å². The van der Waals surface area contributed by atoms with Crippen molar-refractivity contribution in [2.75, 3.05) is 26.2 Å². The summed E-state index contributed by atoms with van der Waals surface area (Å²) in [6.07, 6.45) is 4.41. The van der Waals surface area contributed by atoms with Crippen molar-refractivity contribution < 1.29 is 4.74 Å². The summed E-state index contributed by atoms with van der Waals surface area (Å²) in [4.78, 5) is 2.37. The minimum Gasteiger partial charge on any atom is -0.375 e. The van der Waals surface area contributed by atoms with Crippen molar-refractivity contribution in [1.82, 2.24) is 4.90 Å². The number of ether oxygens (including phenoxy) is 1. The van der Waals surface area contributed by atoms with Gasteiger partial charge in [-0.3, -0.25) is 4.90 Å². The normalized spacial score (nSPS) is 18.9. The Labute approximate surface area is 75.2 Å². The fourth-order valence-corrected chi connectivity index (χ4v) is 1.19. The van der Waals surface area contributed by atoms with Gasteiger partial charge in [-0.2, -0.15) is 0 Å². The zero-order valence-corrected chi connectivity index (χ0v) is 8.34. The molecule has 0 aliphatic carbocycles.